The van der Waals surface area contributed by atoms with Crippen LogP contribution >= 0.6 is 0 Å². The van der Waals surface area contributed by atoms with Gasteiger partial charge in [0.05, 0.1) is 12.3 Å². The van der Waals surface area contributed by atoms with Gasteiger partial charge in [0.2, 0.25) is 5.95 Å². The molecule has 1 aliphatic heterocycles. The third-order valence-electron chi connectivity index (χ3n) is 3.95. The fourth-order valence-electron chi connectivity index (χ4n) is 2.86. The average Bonchev–Trinajstić information content (AvgIpc) is 2.57. The summed E-state index contributed by atoms with van der Waals surface area (Å²) in [6.45, 7) is 6.77. The van der Waals surface area contributed by atoms with E-state index in [0.717, 1.165) is 36.0 Å². The number of para-hydroxylation sites is 2. The monoisotopic (exact) mass is 312 g/mol. The van der Waals surface area contributed by atoms with E-state index < -0.39 is 0 Å². The lowest BCUT2D eigenvalue weighted by atomic mass is 10.1. The van der Waals surface area contributed by atoms with Crippen molar-refractivity contribution in [2.45, 2.75) is 33.1 Å². The summed E-state index contributed by atoms with van der Waals surface area (Å²) >= 11 is 0. The smallest absolute Gasteiger partial charge is 0.229 e. The predicted octanol–water partition coefficient (Wildman–Crippen LogP) is 3.92. The van der Waals surface area contributed by atoms with Crippen LogP contribution < -0.4 is 15.0 Å². The molecular weight excluding hydrogens is 288 g/mol. The van der Waals surface area contributed by atoms with Crippen molar-refractivity contribution in [2.75, 3.05) is 29.9 Å². The molecule has 0 bridgehead atoms. The van der Waals surface area contributed by atoms with Crippen molar-refractivity contribution in [3.05, 3.63) is 36.0 Å². The fourth-order valence-corrected chi connectivity index (χ4v) is 2.86. The van der Waals surface area contributed by atoms with E-state index in [0.29, 0.717) is 12.6 Å². The molecule has 0 spiro atoms. The van der Waals surface area contributed by atoms with Gasteiger partial charge in [-0.25, -0.2) is 4.98 Å². The highest BCUT2D eigenvalue weighted by molar-refractivity contribution is 5.63. The van der Waals surface area contributed by atoms with Crippen molar-refractivity contribution >= 4 is 17.5 Å². The van der Waals surface area contributed by atoms with Gasteiger partial charge in [-0.2, -0.15) is 4.98 Å². The van der Waals surface area contributed by atoms with E-state index in [1.165, 1.54) is 19.3 Å². The first kappa shape index (κ1) is 15.6. The molecule has 5 heteroatoms. The summed E-state index contributed by atoms with van der Waals surface area (Å²) in [4.78, 5) is 11.6. The Kier molecular flexibility index (Phi) is 4.95. The topological polar surface area (TPSA) is 50.3 Å². The van der Waals surface area contributed by atoms with Gasteiger partial charge in [0.25, 0.3) is 0 Å². The molecule has 3 rings (SSSR count). The molecule has 0 saturated carbocycles. The summed E-state index contributed by atoms with van der Waals surface area (Å²) in [5, 5.41) is 3.30. The normalized spacial score (nSPS) is 14.6. The fraction of sp³-hybridized carbons (Fsp3) is 0.444. The molecule has 23 heavy (non-hydrogen) atoms. The van der Waals surface area contributed by atoms with Crippen LogP contribution in [0.25, 0.3) is 0 Å². The lowest BCUT2D eigenvalue weighted by molar-refractivity contribution is 0.342. The zero-order valence-corrected chi connectivity index (χ0v) is 13.9. The number of piperidine rings is 1. The molecule has 1 N–H and O–H groups in total. The second kappa shape index (κ2) is 7.31. The maximum absolute atomic E-state index is 5.66. The van der Waals surface area contributed by atoms with Crippen molar-refractivity contribution in [3.8, 4) is 5.75 Å². The number of hydrogen-bond donors (Lipinski definition) is 1. The van der Waals surface area contributed by atoms with Gasteiger partial charge >= 0.3 is 0 Å². The second-order valence-corrected chi connectivity index (χ2v) is 5.79. The van der Waals surface area contributed by atoms with Crippen LogP contribution in [0, 0.1) is 6.92 Å². The van der Waals surface area contributed by atoms with Crippen LogP contribution in [0.2, 0.25) is 0 Å². The number of anilines is 3. The summed E-state index contributed by atoms with van der Waals surface area (Å²) < 4.78 is 5.66. The summed E-state index contributed by atoms with van der Waals surface area (Å²) in [5.74, 6) is 2.45. The summed E-state index contributed by atoms with van der Waals surface area (Å²) in [7, 11) is 0. The Morgan fingerprint density at radius 2 is 1.91 bits per heavy atom. The minimum absolute atomic E-state index is 0.623. The summed E-state index contributed by atoms with van der Waals surface area (Å²) in [6.07, 6.45) is 3.78. The lowest BCUT2D eigenvalue weighted by Gasteiger charge is -2.28. The Bertz CT molecular complexity index is 653. The minimum Gasteiger partial charge on any atom is -0.492 e. The molecule has 1 aliphatic rings. The van der Waals surface area contributed by atoms with E-state index in [1.54, 1.807) is 0 Å². The van der Waals surface area contributed by atoms with E-state index >= 15 is 0 Å². The van der Waals surface area contributed by atoms with Gasteiger partial charge in [0.1, 0.15) is 11.6 Å². The van der Waals surface area contributed by atoms with Crippen LogP contribution in [0.1, 0.15) is 31.9 Å². The van der Waals surface area contributed by atoms with Crippen molar-refractivity contribution in [1.29, 1.82) is 0 Å². The molecule has 1 fully saturated rings. The zero-order valence-electron chi connectivity index (χ0n) is 13.9. The number of nitrogens with zero attached hydrogens (tertiary/aromatic N) is 3. The molecule has 2 aromatic rings. The Morgan fingerprint density at radius 3 is 2.70 bits per heavy atom. The molecule has 122 valence electrons. The number of nitrogens with one attached hydrogen (secondary N) is 1. The van der Waals surface area contributed by atoms with E-state index in [2.05, 4.69) is 21.3 Å². The molecule has 0 atom stereocenters. The van der Waals surface area contributed by atoms with Gasteiger partial charge in [0, 0.05) is 24.8 Å². The van der Waals surface area contributed by atoms with E-state index in [1.807, 2.05) is 38.1 Å². The highest BCUT2D eigenvalue weighted by Gasteiger charge is 2.14. The Morgan fingerprint density at radius 1 is 1.13 bits per heavy atom. The first-order valence-corrected chi connectivity index (χ1v) is 8.36. The van der Waals surface area contributed by atoms with Gasteiger partial charge in [0.15, 0.2) is 0 Å². The van der Waals surface area contributed by atoms with Gasteiger partial charge < -0.3 is 15.0 Å². The Balaban J connectivity index is 1.84. The Labute approximate surface area is 137 Å². The predicted molar refractivity (Wildman–Crippen MR) is 93.7 cm³/mol. The van der Waals surface area contributed by atoms with Crippen molar-refractivity contribution in [1.82, 2.24) is 9.97 Å². The molecule has 5 nitrogen and oxygen atoms in total. The minimum atomic E-state index is 0.623. The van der Waals surface area contributed by atoms with E-state index in [9.17, 15) is 0 Å². The molecule has 2 heterocycles. The molecule has 0 radical (unpaired) electrons. The van der Waals surface area contributed by atoms with Crippen LogP contribution in [-0.4, -0.2) is 29.7 Å². The van der Waals surface area contributed by atoms with Gasteiger partial charge in [-0.1, -0.05) is 12.1 Å². The molecule has 0 amide bonds. The number of hydrogen-bond acceptors (Lipinski definition) is 5. The van der Waals surface area contributed by atoms with E-state index in [-0.39, 0.29) is 0 Å². The second-order valence-electron chi connectivity index (χ2n) is 5.79. The van der Waals surface area contributed by atoms with Crippen molar-refractivity contribution < 1.29 is 4.74 Å². The SMILES string of the molecule is CCOc1ccccc1Nc1nc(C)cc(N2CCCCC2)n1. The van der Waals surface area contributed by atoms with Gasteiger partial charge in [-0.05, 0) is 45.2 Å². The molecule has 1 aromatic carbocycles. The number of rotatable bonds is 5. The van der Waals surface area contributed by atoms with Crippen LogP contribution in [0.5, 0.6) is 5.75 Å². The van der Waals surface area contributed by atoms with Crippen LogP contribution in [0.3, 0.4) is 0 Å². The molecule has 0 aliphatic carbocycles. The quantitative estimate of drug-likeness (QED) is 0.907. The first-order valence-electron chi connectivity index (χ1n) is 8.36. The average molecular weight is 312 g/mol. The van der Waals surface area contributed by atoms with E-state index in [4.69, 9.17) is 9.72 Å². The number of benzene rings is 1. The van der Waals surface area contributed by atoms with Crippen LogP contribution in [0.4, 0.5) is 17.5 Å². The highest BCUT2D eigenvalue weighted by atomic mass is 16.5. The molecule has 0 unspecified atom stereocenters. The van der Waals surface area contributed by atoms with Crippen molar-refractivity contribution in [2.24, 2.45) is 0 Å². The summed E-state index contributed by atoms with van der Waals surface area (Å²) in [5.41, 5.74) is 1.86. The maximum Gasteiger partial charge on any atom is 0.229 e. The lowest BCUT2D eigenvalue weighted by Crippen LogP contribution is -2.30. The number of aromatic nitrogens is 2. The number of aryl methyl sites for hydroxylation is 1. The Hall–Kier alpha value is -2.30. The summed E-state index contributed by atoms with van der Waals surface area (Å²) in [6, 6.07) is 9.94. The standard InChI is InChI=1S/C18H24N4O/c1-3-23-16-10-6-5-9-15(16)20-18-19-14(2)13-17(21-18)22-11-7-4-8-12-22/h5-6,9-10,13H,3-4,7-8,11-12H2,1-2H3,(H,19,20,21). The number of ether oxygens (including phenoxy) is 1. The van der Waals surface area contributed by atoms with Crippen LogP contribution in [-0.2, 0) is 0 Å². The largest absolute Gasteiger partial charge is 0.492 e. The molecule has 1 aromatic heterocycles. The maximum atomic E-state index is 5.66. The van der Waals surface area contributed by atoms with Crippen LogP contribution in [0.15, 0.2) is 30.3 Å². The molecular formula is C18H24N4O. The first-order chi connectivity index (χ1) is 11.3. The van der Waals surface area contributed by atoms with Crippen molar-refractivity contribution in [3.63, 3.8) is 0 Å². The zero-order chi connectivity index (χ0) is 16.1. The van der Waals surface area contributed by atoms with Gasteiger partial charge in [-0.15, -0.1) is 0 Å². The van der Waals surface area contributed by atoms with Gasteiger partial charge in [-0.3, -0.25) is 0 Å². The third kappa shape index (κ3) is 3.92. The molecule has 1 saturated heterocycles. The third-order valence-corrected chi connectivity index (χ3v) is 3.95. The highest BCUT2D eigenvalue weighted by Crippen LogP contribution is 2.27.